The molecule has 3 heteroatoms. The van der Waals surface area contributed by atoms with Crippen LogP contribution in [-0.4, -0.2) is 8.75 Å². The molecule has 1 aromatic heterocycles. The van der Waals surface area contributed by atoms with E-state index < -0.39 is 0 Å². The van der Waals surface area contributed by atoms with Crippen molar-refractivity contribution in [3.05, 3.63) is 23.3 Å². The summed E-state index contributed by atoms with van der Waals surface area (Å²) < 4.78 is 8.42. The molecule has 0 atom stereocenters. The summed E-state index contributed by atoms with van der Waals surface area (Å²) in [5.74, 6) is 0. The van der Waals surface area contributed by atoms with Crippen molar-refractivity contribution in [3.63, 3.8) is 0 Å². The Kier molecular flexibility index (Phi) is 3.37. The summed E-state index contributed by atoms with van der Waals surface area (Å²) in [7, 11) is 0. The monoisotopic (exact) mass is 194 g/mol. The molecule has 0 radical (unpaired) electrons. The molecular weight excluding hydrogens is 180 g/mol. The number of rotatable bonds is 0. The first-order valence-electron chi connectivity index (χ1n) is 4.47. The number of aromatic nitrogens is 2. The van der Waals surface area contributed by atoms with Gasteiger partial charge in [-0.2, -0.15) is 8.75 Å². The summed E-state index contributed by atoms with van der Waals surface area (Å²) in [4.78, 5) is 0. The minimum atomic E-state index is 1.05. The van der Waals surface area contributed by atoms with Crippen molar-refractivity contribution in [1.82, 2.24) is 8.75 Å². The minimum Gasteiger partial charge on any atom is -0.173 e. The largest absolute Gasteiger partial charge is 0.173 e. The third kappa shape index (κ3) is 1.86. The highest BCUT2D eigenvalue weighted by Gasteiger charge is 2.02. The van der Waals surface area contributed by atoms with Gasteiger partial charge in [0.2, 0.25) is 0 Å². The van der Waals surface area contributed by atoms with Gasteiger partial charge in [0.25, 0.3) is 0 Å². The van der Waals surface area contributed by atoms with Crippen LogP contribution in [0.15, 0.2) is 12.1 Å². The van der Waals surface area contributed by atoms with Crippen LogP contribution in [0.5, 0.6) is 0 Å². The number of nitrogens with zero attached hydrogens (tertiary/aromatic N) is 2. The highest BCUT2D eigenvalue weighted by molar-refractivity contribution is 7.00. The van der Waals surface area contributed by atoms with E-state index in [1.807, 2.05) is 13.8 Å². The van der Waals surface area contributed by atoms with Crippen LogP contribution in [0, 0.1) is 13.8 Å². The molecule has 2 nitrogen and oxygen atoms in total. The molecular formula is C10H14N2S. The second kappa shape index (κ2) is 4.33. The molecule has 1 heterocycles. The number of aryl methyl sites for hydroxylation is 2. The Labute approximate surface area is 82.9 Å². The van der Waals surface area contributed by atoms with Crippen molar-refractivity contribution in [2.45, 2.75) is 27.7 Å². The fourth-order valence-electron chi connectivity index (χ4n) is 1.11. The van der Waals surface area contributed by atoms with Crippen molar-refractivity contribution in [3.8, 4) is 0 Å². The molecule has 0 N–H and O–H groups in total. The number of benzene rings is 1. The summed E-state index contributed by atoms with van der Waals surface area (Å²) in [6, 6.07) is 4.16. The van der Waals surface area contributed by atoms with Crippen molar-refractivity contribution in [1.29, 1.82) is 0 Å². The maximum absolute atomic E-state index is 4.21. The van der Waals surface area contributed by atoms with Gasteiger partial charge in [-0.1, -0.05) is 26.0 Å². The van der Waals surface area contributed by atoms with Gasteiger partial charge in [-0.15, -0.1) is 0 Å². The second-order valence-corrected chi connectivity index (χ2v) is 3.19. The number of hydrogen-bond acceptors (Lipinski definition) is 3. The molecule has 0 amide bonds. The molecule has 2 rings (SSSR count). The average molecular weight is 194 g/mol. The van der Waals surface area contributed by atoms with E-state index in [0.29, 0.717) is 0 Å². The van der Waals surface area contributed by atoms with Gasteiger partial charge in [-0.05, 0) is 25.0 Å². The van der Waals surface area contributed by atoms with Gasteiger partial charge in [0.1, 0.15) is 11.0 Å². The zero-order chi connectivity index (χ0) is 9.84. The van der Waals surface area contributed by atoms with Crippen LogP contribution in [0.2, 0.25) is 0 Å². The summed E-state index contributed by atoms with van der Waals surface area (Å²) in [5, 5.41) is 0. The first-order chi connectivity index (χ1) is 6.29. The van der Waals surface area contributed by atoms with E-state index in [0.717, 1.165) is 11.0 Å². The van der Waals surface area contributed by atoms with Crippen molar-refractivity contribution in [2.24, 2.45) is 0 Å². The Morgan fingerprint density at radius 3 is 1.69 bits per heavy atom. The van der Waals surface area contributed by atoms with Crippen LogP contribution in [-0.2, 0) is 0 Å². The maximum Gasteiger partial charge on any atom is 0.107 e. The standard InChI is InChI=1S/C8H8N2S.C2H6/c1-5-3-4-6(2)8-7(5)9-11-10-8;1-2/h3-4H,1-2H3;1-2H3. The summed E-state index contributed by atoms with van der Waals surface area (Å²) in [5.41, 5.74) is 4.52. The van der Waals surface area contributed by atoms with Gasteiger partial charge in [0.15, 0.2) is 0 Å². The normalized spacial score (nSPS) is 9.54. The average Bonchev–Trinajstić information content (AvgIpc) is 2.64. The summed E-state index contributed by atoms with van der Waals surface area (Å²) in [6.45, 7) is 8.12. The van der Waals surface area contributed by atoms with Gasteiger partial charge in [0, 0.05) is 0 Å². The van der Waals surface area contributed by atoms with E-state index in [2.05, 4.69) is 34.7 Å². The maximum atomic E-state index is 4.21. The topological polar surface area (TPSA) is 25.8 Å². The molecule has 0 aliphatic rings. The van der Waals surface area contributed by atoms with Crippen molar-refractivity contribution in [2.75, 3.05) is 0 Å². The molecule has 13 heavy (non-hydrogen) atoms. The van der Waals surface area contributed by atoms with Crippen molar-refractivity contribution < 1.29 is 0 Å². The van der Waals surface area contributed by atoms with Crippen LogP contribution in [0.4, 0.5) is 0 Å². The molecule has 0 aliphatic carbocycles. The molecule has 0 bridgehead atoms. The fourth-order valence-corrected chi connectivity index (χ4v) is 1.78. The van der Waals surface area contributed by atoms with Crippen LogP contribution in [0.3, 0.4) is 0 Å². The Hall–Kier alpha value is -0.960. The molecule has 1 aromatic carbocycles. The van der Waals surface area contributed by atoms with E-state index in [1.54, 1.807) is 0 Å². The van der Waals surface area contributed by atoms with Gasteiger partial charge in [-0.3, -0.25) is 0 Å². The lowest BCUT2D eigenvalue weighted by molar-refractivity contribution is 1.42. The third-order valence-corrected chi connectivity index (χ3v) is 2.35. The molecule has 0 aliphatic heterocycles. The Morgan fingerprint density at radius 2 is 1.31 bits per heavy atom. The zero-order valence-corrected chi connectivity index (χ0v) is 9.27. The van der Waals surface area contributed by atoms with Crippen LogP contribution in [0.25, 0.3) is 11.0 Å². The fraction of sp³-hybridized carbons (Fsp3) is 0.400. The molecule has 0 saturated carbocycles. The smallest absolute Gasteiger partial charge is 0.107 e. The summed E-state index contributed by atoms with van der Waals surface area (Å²) >= 11 is 1.28. The lowest BCUT2D eigenvalue weighted by atomic mass is 10.1. The highest BCUT2D eigenvalue weighted by Crippen LogP contribution is 2.18. The Bertz CT molecular complexity index is 357. The van der Waals surface area contributed by atoms with Crippen LogP contribution in [0.1, 0.15) is 25.0 Å². The second-order valence-electron chi connectivity index (χ2n) is 2.66. The first kappa shape index (κ1) is 10.1. The van der Waals surface area contributed by atoms with Gasteiger partial charge >= 0.3 is 0 Å². The van der Waals surface area contributed by atoms with E-state index in [4.69, 9.17) is 0 Å². The quantitative estimate of drug-likeness (QED) is 0.643. The van der Waals surface area contributed by atoms with Gasteiger partial charge in [0.05, 0.1) is 11.7 Å². The molecule has 70 valence electrons. The van der Waals surface area contributed by atoms with Crippen molar-refractivity contribution >= 4 is 22.8 Å². The SMILES string of the molecule is CC.Cc1ccc(C)c2nsnc12. The first-order valence-corrected chi connectivity index (χ1v) is 5.20. The Balaban J connectivity index is 0.000000396. The van der Waals surface area contributed by atoms with E-state index in [-0.39, 0.29) is 0 Å². The molecule has 0 spiro atoms. The predicted octanol–water partition coefficient (Wildman–Crippen LogP) is 3.33. The Morgan fingerprint density at radius 1 is 0.923 bits per heavy atom. The lowest BCUT2D eigenvalue weighted by Gasteiger charge is -1.94. The van der Waals surface area contributed by atoms with Crippen LogP contribution < -0.4 is 0 Å². The van der Waals surface area contributed by atoms with Crippen LogP contribution >= 0.6 is 11.7 Å². The molecule has 2 aromatic rings. The number of hydrogen-bond donors (Lipinski definition) is 0. The van der Waals surface area contributed by atoms with E-state index in [1.165, 1.54) is 22.9 Å². The van der Waals surface area contributed by atoms with Gasteiger partial charge < -0.3 is 0 Å². The van der Waals surface area contributed by atoms with E-state index in [9.17, 15) is 0 Å². The zero-order valence-electron chi connectivity index (χ0n) is 8.46. The number of fused-ring (bicyclic) bond motifs is 1. The third-order valence-electron chi connectivity index (χ3n) is 1.82. The molecule has 0 fully saturated rings. The van der Waals surface area contributed by atoms with Gasteiger partial charge in [-0.25, -0.2) is 0 Å². The lowest BCUT2D eigenvalue weighted by Crippen LogP contribution is -1.79. The predicted molar refractivity (Wildman–Crippen MR) is 58.2 cm³/mol. The molecule has 0 unspecified atom stereocenters. The summed E-state index contributed by atoms with van der Waals surface area (Å²) in [6.07, 6.45) is 0. The molecule has 0 saturated heterocycles. The minimum absolute atomic E-state index is 1.05. The van der Waals surface area contributed by atoms with E-state index >= 15 is 0 Å². The highest BCUT2D eigenvalue weighted by atomic mass is 32.1.